The highest BCUT2D eigenvalue weighted by molar-refractivity contribution is 5.89. The number of hydrogen-bond acceptors (Lipinski definition) is 9. The molecule has 1 aliphatic heterocycles. The highest BCUT2D eigenvalue weighted by Crippen LogP contribution is 2.45. The molecular formula is C27H38N8O4. The summed E-state index contributed by atoms with van der Waals surface area (Å²) < 4.78 is 7.23. The molecule has 2 aromatic heterocycles. The van der Waals surface area contributed by atoms with Gasteiger partial charge in [0.1, 0.15) is 24.1 Å². The van der Waals surface area contributed by atoms with Crippen molar-refractivity contribution in [2.24, 2.45) is 5.41 Å². The molecule has 12 heteroatoms. The fourth-order valence-electron chi connectivity index (χ4n) is 5.21. The molecule has 39 heavy (non-hydrogen) atoms. The molecule has 6 N–H and O–H groups in total. The Hall–Kier alpha value is -3.32. The molecule has 210 valence electrons. The number of hydrogen-bond donors (Lipinski definition) is 5. The predicted molar refractivity (Wildman–Crippen MR) is 147 cm³/mol. The van der Waals surface area contributed by atoms with E-state index in [1.165, 1.54) is 22.8 Å². The van der Waals surface area contributed by atoms with E-state index in [4.69, 9.17) is 10.5 Å². The van der Waals surface area contributed by atoms with Gasteiger partial charge >= 0.3 is 6.03 Å². The average molecular weight is 539 g/mol. The Morgan fingerprint density at radius 2 is 1.95 bits per heavy atom. The number of rotatable bonds is 8. The summed E-state index contributed by atoms with van der Waals surface area (Å²) >= 11 is 0. The average Bonchev–Trinajstić information content (AvgIpc) is 3.39. The normalized spacial score (nSPS) is 24.3. The zero-order valence-corrected chi connectivity index (χ0v) is 22.9. The number of amides is 2. The summed E-state index contributed by atoms with van der Waals surface area (Å²) in [6.45, 7) is 8.01. The number of anilines is 2. The molecule has 1 aliphatic carbocycles. The molecule has 12 nitrogen and oxygen atoms in total. The van der Waals surface area contributed by atoms with Gasteiger partial charge in [-0.1, -0.05) is 32.9 Å². The highest BCUT2D eigenvalue weighted by atomic mass is 16.5. The SMILES string of the molecule is CN(C[C@H]1OC[C@](O)(n2cnc3c(N)ncnc32)[C@@H]1O)CC1(CNC(=O)Nc2ccc(C(C)(C)C)cc2)CC1. The van der Waals surface area contributed by atoms with Crippen LogP contribution in [0.1, 0.15) is 39.2 Å². The summed E-state index contributed by atoms with van der Waals surface area (Å²) in [6, 6.07) is 7.68. The molecule has 3 aromatic rings. The lowest BCUT2D eigenvalue weighted by Gasteiger charge is -2.30. The van der Waals surface area contributed by atoms with Crippen molar-refractivity contribution in [3.8, 4) is 0 Å². The molecule has 1 saturated carbocycles. The number of nitrogens with one attached hydrogen (secondary N) is 2. The van der Waals surface area contributed by atoms with Crippen LogP contribution in [0.3, 0.4) is 0 Å². The largest absolute Gasteiger partial charge is 0.385 e. The lowest BCUT2D eigenvalue weighted by atomic mass is 9.87. The Morgan fingerprint density at radius 1 is 1.23 bits per heavy atom. The monoisotopic (exact) mass is 538 g/mol. The number of urea groups is 1. The first-order valence-electron chi connectivity index (χ1n) is 13.2. The molecule has 5 rings (SSSR count). The number of imidazole rings is 1. The lowest BCUT2D eigenvalue weighted by Crippen LogP contribution is -2.49. The van der Waals surface area contributed by atoms with Crippen LogP contribution >= 0.6 is 0 Å². The van der Waals surface area contributed by atoms with Gasteiger partial charge in [0, 0.05) is 30.7 Å². The maximum absolute atomic E-state index is 12.5. The van der Waals surface area contributed by atoms with Crippen LogP contribution in [0, 0.1) is 5.41 Å². The molecule has 0 radical (unpaired) electrons. The van der Waals surface area contributed by atoms with Gasteiger partial charge in [-0.25, -0.2) is 19.7 Å². The Morgan fingerprint density at radius 3 is 2.62 bits per heavy atom. The van der Waals surface area contributed by atoms with Crippen molar-refractivity contribution in [2.75, 3.05) is 44.3 Å². The van der Waals surface area contributed by atoms with E-state index in [-0.39, 0.29) is 29.3 Å². The molecule has 0 unspecified atom stereocenters. The minimum Gasteiger partial charge on any atom is -0.385 e. The molecule has 0 spiro atoms. The second-order valence-electron chi connectivity index (χ2n) is 12.1. The lowest BCUT2D eigenvalue weighted by molar-refractivity contribution is -0.109. The topological polar surface area (TPSA) is 164 Å². The van der Waals surface area contributed by atoms with E-state index in [9.17, 15) is 15.0 Å². The molecule has 3 atom stereocenters. The van der Waals surface area contributed by atoms with E-state index < -0.39 is 17.9 Å². The van der Waals surface area contributed by atoms with Gasteiger partial charge in [-0.15, -0.1) is 0 Å². The van der Waals surface area contributed by atoms with E-state index in [0.29, 0.717) is 24.3 Å². The third-order valence-corrected chi connectivity index (χ3v) is 7.80. The van der Waals surface area contributed by atoms with Crippen molar-refractivity contribution < 1.29 is 19.7 Å². The molecule has 2 fully saturated rings. The second-order valence-corrected chi connectivity index (χ2v) is 12.1. The number of carbonyl (C=O) groups excluding carboxylic acids is 1. The van der Waals surface area contributed by atoms with Gasteiger partial charge in [-0.05, 0) is 43.0 Å². The minimum atomic E-state index is -1.73. The van der Waals surface area contributed by atoms with Crippen LogP contribution in [0.5, 0.6) is 0 Å². The summed E-state index contributed by atoms with van der Waals surface area (Å²) in [7, 11) is 1.95. The summed E-state index contributed by atoms with van der Waals surface area (Å²) in [5.74, 6) is 0.197. The first-order valence-corrected chi connectivity index (χ1v) is 13.2. The Labute approximate surface area is 227 Å². The van der Waals surface area contributed by atoms with E-state index in [1.807, 2.05) is 31.3 Å². The van der Waals surface area contributed by atoms with Crippen molar-refractivity contribution in [2.45, 2.75) is 57.0 Å². The smallest absolute Gasteiger partial charge is 0.319 e. The maximum atomic E-state index is 12.5. The molecule has 1 aromatic carbocycles. The van der Waals surface area contributed by atoms with Crippen molar-refractivity contribution in [3.05, 3.63) is 42.5 Å². The number of fused-ring (bicyclic) bond motifs is 1. The number of nitrogen functional groups attached to an aromatic ring is 1. The number of benzene rings is 1. The van der Waals surface area contributed by atoms with Crippen molar-refractivity contribution >= 4 is 28.7 Å². The van der Waals surface area contributed by atoms with Gasteiger partial charge in [0.05, 0.1) is 12.9 Å². The number of aromatic nitrogens is 4. The number of nitrogens with two attached hydrogens (primary N) is 1. The van der Waals surface area contributed by atoms with Crippen LogP contribution in [0.4, 0.5) is 16.3 Å². The number of ether oxygens (including phenoxy) is 1. The third-order valence-electron chi connectivity index (χ3n) is 7.80. The zero-order valence-electron chi connectivity index (χ0n) is 22.9. The summed E-state index contributed by atoms with van der Waals surface area (Å²) in [6.07, 6.45) is 2.84. The number of likely N-dealkylation sites (N-methyl/N-ethyl adjacent to an activating group) is 1. The van der Waals surface area contributed by atoms with Crippen LogP contribution in [-0.4, -0.2) is 86.2 Å². The van der Waals surface area contributed by atoms with Crippen LogP contribution in [0.15, 0.2) is 36.9 Å². The first kappa shape index (κ1) is 27.3. The summed E-state index contributed by atoms with van der Waals surface area (Å²) in [4.78, 5) is 26.9. The molecule has 2 amide bonds. The fourth-order valence-corrected chi connectivity index (χ4v) is 5.21. The Bertz CT molecular complexity index is 1330. The van der Waals surface area contributed by atoms with Crippen molar-refractivity contribution in [1.29, 1.82) is 0 Å². The molecular weight excluding hydrogens is 500 g/mol. The number of nitrogens with zero attached hydrogens (tertiary/aromatic N) is 5. The maximum Gasteiger partial charge on any atom is 0.319 e. The Kier molecular flexibility index (Phi) is 7.00. The van der Waals surface area contributed by atoms with Gasteiger partial charge in [0.25, 0.3) is 0 Å². The summed E-state index contributed by atoms with van der Waals surface area (Å²) in [5, 5.41) is 28.3. The van der Waals surface area contributed by atoms with Gasteiger partial charge < -0.3 is 36.2 Å². The number of carbonyl (C=O) groups is 1. The number of aliphatic hydroxyl groups excluding tert-OH is 1. The van der Waals surface area contributed by atoms with Gasteiger partial charge in [-0.2, -0.15) is 0 Å². The fraction of sp³-hybridized carbons (Fsp3) is 0.556. The van der Waals surface area contributed by atoms with Crippen LogP contribution < -0.4 is 16.4 Å². The van der Waals surface area contributed by atoms with Crippen LogP contribution in [-0.2, 0) is 15.9 Å². The second kappa shape index (κ2) is 10.0. The molecule has 1 saturated heterocycles. The summed E-state index contributed by atoms with van der Waals surface area (Å²) in [5.41, 5.74) is 6.80. The predicted octanol–water partition coefficient (Wildman–Crippen LogP) is 1.64. The highest BCUT2D eigenvalue weighted by Gasteiger charge is 2.51. The number of aliphatic hydroxyl groups is 2. The van der Waals surface area contributed by atoms with Crippen LogP contribution in [0.25, 0.3) is 11.2 Å². The van der Waals surface area contributed by atoms with E-state index in [0.717, 1.165) is 25.1 Å². The van der Waals surface area contributed by atoms with E-state index in [1.54, 1.807) is 0 Å². The minimum absolute atomic E-state index is 0.0307. The first-order chi connectivity index (χ1) is 18.4. The van der Waals surface area contributed by atoms with E-state index in [2.05, 4.69) is 51.3 Å². The molecule has 3 heterocycles. The Balaban J connectivity index is 1.13. The van der Waals surface area contributed by atoms with Crippen molar-refractivity contribution in [1.82, 2.24) is 29.7 Å². The van der Waals surface area contributed by atoms with Gasteiger partial charge in [-0.3, -0.25) is 4.57 Å². The third kappa shape index (κ3) is 5.55. The standard InChI is InChI=1S/C27H38N8O4/c1-25(2,3)17-5-7-18(8-6-17)33-24(37)29-12-26(9-10-26)13-34(4)11-19-21(36)27(38,14-39-19)35-16-32-20-22(28)30-15-31-23(20)35/h5-8,15-16,19,21,36,38H,9-14H2,1-4H3,(H2,28,30,31)(H2,29,33,37)/t19-,21-,27-/m1/s1. The molecule has 2 aliphatic rings. The zero-order chi connectivity index (χ0) is 28.0. The van der Waals surface area contributed by atoms with Crippen molar-refractivity contribution in [3.63, 3.8) is 0 Å². The van der Waals surface area contributed by atoms with Crippen LogP contribution in [0.2, 0.25) is 0 Å². The van der Waals surface area contributed by atoms with Gasteiger partial charge in [0.15, 0.2) is 17.2 Å². The quantitative estimate of drug-likeness (QED) is 0.287. The van der Waals surface area contributed by atoms with E-state index >= 15 is 0 Å². The molecule has 0 bridgehead atoms. The van der Waals surface area contributed by atoms with Gasteiger partial charge in [0.2, 0.25) is 0 Å².